The zero-order valence-corrected chi connectivity index (χ0v) is 11.7. The van der Waals surface area contributed by atoms with Crippen molar-refractivity contribution in [3.8, 4) is 11.3 Å². The number of nitrogens with one attached hydrogen (secondary N) is 2. The fourth-order valence-corrected chi connectivity index (χ4v) is 1.86. The van der Waals surface area contributed by atoms with Crippen LogP contribution >= 0.6 is 0 Å². The predicted octanol–water partition coefficient (Wildman–Crippen LogP) is 2.85. The molecule has 3 heteroatoms. The van der Waals surface area contributed by atoms with Gasteiger partial charge in [-0.3, -0.25) is 4.79 Å². The molecule has 19 heavy (non-hydrogen) atoms. The highest BCUT2D eigenvalue weighted by atomic mass is 16.1. The highest BCUT2D eigenvalue weighted by Crippen LogP contribution is 2.16. The van der Waals surface area contributed by atoms with E-state index in [1.807, 2.05) is 43.3 Å². The summed E-state index contributed by atoms with van der Waals surface area (Å²) in [7, 11) is 0. The fraction of sp³-hybridized carbons (Fsp3) is 0.312. The quantitative estimate of drug-likeness (QED) is 0.883. The molecule has 0 aliphatic heterocycles. The number of benzene rings is 1. The van der Waals surface area contributed by atoms with E-state index in [1.54, 1.807) is 0 Å². The Labute approximate surface area is 113 Å². The van der Waals surface area contributed by atoms with Crippen LogP contribution in [0, 0.1) is 6.92 Å². The lowest BCUT2D eigenvalue weighted by molar-refractivity contribution is 0.586. The van der Waals surface area contributed by atoms with Crippen molar-refractivity contribution in [2.45, 2.75) is 33.4 Å². The number of aryl methyl sites for hydroxylation is 1. The lowest BCUT2D eigenvalue weighted by atomic mass is 10.1. The van der Waals surface area contributed by atoms with Gasteiger partial charge in [-0.2, -0.15) is 0 Å². The molecule has 100 valence electrons. The van der Waals surface area contributed by atoms with Gasteiger partial charge in [-0.15, -0.1) is 0 Å². The third-order valence-electron chi connectivity index (χ3n) is 3.05. The lowest BCUT2D eigenvalue weighted by Crippen LogP contribution is -2.26. The normalized spacial score (nSPS) is 10.9. The monoisotopic (exact) mass is 256 g/mol. The van der Waals surface area contributed by atoms with E-state index in [0.717, 1.165) is 16.8 Å². The van der Waals surface area contributed by atoms with Crippen LogP contribution in [0.25, 0.3) is 11.3 Å². The molecule has 0 spiro atoms. The Morgan fingerprint density at radius 2 is 1.79 bits per heavy atom. The predicted molar refractivity (Wildman–Crippen MR) is 79.2 cm³/mol. The van der Waals surface area contributed by atoms with Crippen molar-refractivity contribution in [3.05, 3.63) is 57.9 Å². The number of hydrogen-bond acceptors (Lipinski definition) is 2. The minimum absolute atomic E-state index is 0.0220. The molecule has 0 amide bonds. The Morgan fingerprint density at radius 3 is 2.37 bits per heavy atom. The Kier molecular flexibility index (Phi) is 4.17. The highest BCUT2D eigenvalue weighted by Gasteiger charge is 2.03. The second-order valence-corrected chi connectivity index (χ2v) is 5.13. The number of H-pyrrole nitrogens is 1. The van der Waals surface area contributed by atoms with Crippen LogP contribution in [-0.4, -0.2) is 11.0 Å². The van der Waals surface area contributed by atoms with Crippen molar-refractivity contribution in [2.24, 2.45) is 0 Å². The van der Waals surface area contributed by atoms with Crippen molar-refractivity contribution >= 4 is 0 Å². The summed E-state index contributed by atoms with van der Waals surface area (Å²) in [5.74, 6) is 0. The molecule has 0 fully saturated rings. The van der Waals surface area contributed by atoms with Crippen LogP contribution in [0.4, 0.5) is 0 Å². The van der Waals surface area contributed by atoms with E-state index in [1.165, 1.54) is 5.56 Å². The molecular weight excluding hydrogens is 236 g/mol. The smallest absolute Gasteiger partial charge is 0.252 e. The Hall–Kier alpha value is -1.87. The molecule has 1 aromatic heterocycles. The molecule has 0 radical (unpaired) electrons. The van der Waals surface area contributed by atoms with Crippen LogP contribution in [-0.2, 0) is 6.54 Å². The van der Waals surface area contributed by atoms with Gasteiger partial charge in [0.1, 0.15) is 0 Å². The maximum absolute atomic E-state index is 12.0. The van der Waals surface area contributed by atoms with Gasteiger partial charge in [0.2, 0.25) is 0 Å². The second-order valence-electron chi connectivity index (χ2n) is 5.13. The average Bonchev–Trinajstić information content (AvgIpc) is 2.38. The summed E-state index contributed by atoms with van der Waals surface area (Å²) in [5.41, 5.74) is 3.85. The van der Waals surface area contributed by atoms with Crippen LogP contribution < -0.4 is 10.9 Å². The molecule has 2 rings (SSSR count). The van der Waals surface area contributed by atoms with Crippen LogP contribution in [0.2, 0.25) is 0 Å². The van der Waals surface area contributed by atoms with Crippen molar-refractivity contribution < 1.29 is 0 Å². The van der Waals surface area contributed by atoms with Crippen molar-refractivity contribution in [2.75, 3.05) is 0 Å². The van der Waals surface area contributed by atoms with Gasteiger partial charge in [0, 0.05) is 23.8 Å². The molecule has 1 aromatic carbocycles. The summed E-state index contributed by atoms with van der Waals surface area (Å²) >= 11 is 0. The van der Waals surface area contributed by atoms with Crippen LogP contribution in [0.5, 0.6) is 0 Å². The summed E-state index contributed by atoms with van der Waals surface area (Å²) < 4.78 is 0. The Morgan fingerprint density at radius 1 is 1.11 bits per heavy atom. The molecule has 0 aliphatic rings. The average molecular weight is 256 g/mol. The van der Waals surface area contributed by atoms with E-state index in [4.69, 9.17) is 0 Å². The van der Waals surface area contributed by atoms with E-state index >= 15 is 0 Å². The maximum Gasteiger partial charge on any atom is 0.252 e. The van der Waals surface area contributed by atoms with Gasteiger partial charge >= 0.3 is 0 Å². The molecule has 2 N–H and O–H groups in total. The zero-order valence-electron chi connectivity index (χ0n) is 11.7. The number of pyridine rings is 1. The van der Waals surface area contributed by atoms with Gasteiger partial charge in [-0.05, 0) is 18.6 Å². The standard InChI is InChI=1S/C16H20N2O/c1-11(2)17-10-14-8-9-15(18-16(14)19)13-6-4-12(3)5-7-13/h4-9,11,17H,10H2,1-3H3,(H,18,19). The third kappa shape index (κ3) is 3.55. The molecule has 0 bridgehead atoms. The van der Waals surface area contributed by atoms with E-state index < -0.39 is 0 Å². The first-order valence-electron chi connectivity index (χ1n) is 6.59. The number of rotatable bonds is 4. The number of hydrogen-bond donors (Lipinski definition) is 2. The molecule has 0 saturated carbocycles. The summed E-state index contributed by atoms with van der Waals surface area (Å²) in [6.07, 6.45) is 0. The summed E-state index contributed by atoms with van der Waals surface area (Å²) in [6, 6.07) is 12.4. The molecule has 0 unspecified atom stereocenters. The van der Waals surface area contributed by atoms with E-state index in [0.29, 0.717) is 12.6 Å². The number of aromatic amines is 1. The molecule has 0 aliphatic carbocycles. The van der Waals surface area contributed by atoms with Gasteiger partial charge in [0.15, 0.2) is 0 Å². The van der Waals surface area contributed by atoms with E-state index in [2.05, 4.69) is 24.1 Å². The molecule has 3 nitrogen and oxygen atoms in total. The van der Waals surface area contributed by atoms with E-state index in [-0.39, 0.29) is 5.56 Å². The van der Waals surface area contributed by atoms with Crippen molar-refractivity contribution in [1.29, 1.82) is 0 Å². The SMILES string of the molecule is Cc1ccc(-c2ccc(CNC(C)C)c(=O)[nH]2)cc1. The van der Waals surface area contributed by atoms with Gasteiger partial charge in [0.05, 0.1) is 0 Å². The molecule has 0 atom stereocenters. The third-order valence-corrected chi connectivity index (χ3v) is 3.05. The minimum atomic E-state index is -0.0220. The Bertz CT molecular complexity index is 597. The molecule has 0 saturated heterocycles. The van der Waals surface area contributed by atoms with Crippen molar-refractivity contribution in [3.63, 3.8) is 0 Å². The fourth-order valence-electron chi connectivity index (χ4n) is 1.86. The second kappa shape index (κ2) is 5.85. The molecular formula is C16H20N2O. The van der Waals surface area contributed by atoms with Crippen molar-refractivity contribution in [1.82, 2.24) is 10.3 Å². The lowest BCUT2D eigenvalue weighted by Gasteiger charge is -2.08. The van der Waals surface area contributed by atoms with Gasteiger partial charge in [-0.1, -0.05) is 49.7 Å². The summed E-state index contributed by atoms with van der Waals surface area (Å²) in [6.45, 7) is 6.78. The Balaban J connectivity index is 2.23. The first kappa shape index (κ1) is 13.6. The van der Waals surface area contributed by atoms with Crippen LogP contribution in [0.15, 0.2) is 41.2 Å². The van der Waals surface area contributed by atoms with Crippen LogP contribution in [0.1, 0.15) is 25.0 Å². The highest BCUT2D eigenvalue weighted by molar-refractivity contribution is 5.59. The zero-order chi connectivity index (χ0) is 13.8. The first-order chi connectivity index (χ1) is 9.06. The summed E-state index contributed by atoms with van der Waals surface area (Å²) in [5, 5.41) is 3.25. The largest absolute Gasteiger partial charge is 0.322 e. The van der Waals surface area contributed by atoms with E-state index in [9.17, 15) is 4.79 Å². The molecule has 2 aromatic rings. The number of aromatic nitrogens is 1. The summed E-state index contributed by atoms with van der Waals surface area (Å²) in [4.78, 5) is 14.9. The maximum atomic E-state index is 12.0. The van der Waals surface area contributed by atoms with Gasteiger partial charge in [-0.25, -0.2) is 0 Å². The first-order valence-corrected chi connectivity index (χ1v) is 6.59. The minimum Gasteiger partial charge on any atom is -0.322 e. The van der Waals surface area contributed by atoms with Gasteiger partial charge in [0.25, 0.3) is 5.56 Å². The molecule has 1 heterocycles. The van der Waals surface area contributed by atoms with Crippen LogP contribution in [0.3, 0.4) is 0 Å². The topological polar surface area (TPSA) is 44.9 Å². The van der Waals surface area contributed by atoms with Gasteiger partial charge < -0.3 is 10.3 Å².